The van der Waals surface area contributed by atoms with Crippen LogP contribution < -0.4 is 11.4 Å². The van der Waals surface area contributed by atoms with Gasteiger partial charge in [-0.25, -0.2) is 16.2 Å². The molecule has 5 heteroatoms. The first-order valence-corrected chi connectivity index (χ1v) is 0.940. The minimum atomic E-state index is 0. The second-order valence-electron chi connectivity index (χ2n) is 0.332. The third kappa shape index (κ3) is 11.3. The van der Waals surface area contributed by atoms with Gasteiger partial charge in [-0.05, 0) is 0 Å². The molecule has 0 rings (SSSR count). The lowest BCUT2D eigenvalue weighted by molar-refractivity contribution is 0.558. The van der Waals surface area contributed by atoms with Crippen molar-refractivity contribution in [2.75, 3.05) is 0 Å². The highest BCUT2D eigenvalue weighted by atomic mass is 16.1. The average Bonchev–Trinajstić information content (AvgIpc) is 1.41. The van der Waals surface area contributed by atoms with Gasteiger partial charge in [0.2, 0.25) is 0 Å². The number of hydrazine groups is 1. The van der Waals surface area contributed by atoms with Gasteiger partial charge in [0.15, 0.2) is 0 Å². The molecule has 0 aromatic heterocycles. The Kier molecular flexibility index (Phi) is 13.3. The predicted octanol–water partition coefficient (Wildman–Crippen LogP) is -2.12. The van der Waals surface area contributed by atoms with Crippen LogP contribution in [0.2, 0.25) is 0 Å². The van der Waals surface area contributed by atoms with Crippen molar-refractivity contribution < 1.29 is 10.3 Å². The van der Waals surface area contributed by atoms with Gasteiger partial charge in [0.1, 0.15) is 0 Å². The second kappa shape index (κ2) is 8.93. The molecule has 0 amide bonds. The van der Waals surface area contributed by atoms with E-state index in [0.717, 1.165) is 6.08 Å². The number of nitrogens with zero attached hydrogens (tertiary/aromatic N) is 1. The van der Waals surface area contributed by atoms with Crippen LogP contribution in [0.1, 0.15) is 0 Å². The summed E-state index contributed by atoms with van der Waals surface area (Å²) in [5, 5.41) is 2.69. The smallest absolute Gasteiger partial charge is 0.259 e. The maximum Gasteiger partial charge on any atom is 0.259 e. The molecule has 0 saturated heterocycles. The fraction of sp³-hybridized carbons (Fsp3) is 0. The summed E-state index contributed by atoms with van der Waals surface area (Å²) in [6.07, 6.45) is 1.16. The highest BCUT2D eigenvalue weighted by Gasteiger charge is 1.44. The molecule has 5 nitrogen and oxygen atoms in total. The van der Waals surface area contributed by atoms with Crippen LogP contribution in [-0.4, -0.2) is 11.6 Å². The predicted molar refractivity (Wildman–Crippen MR) is 19.1 cm³/mol. The summed E-state index contributed by atoms with van der Waals surface area (Å²) in [5.41, 5.74) is 1.72. The minimum Gasteiger partial charge on any atom is -0.412 e. The summed E-state index contributed by atoms with van der Waals surface area (Å²) in [5.74, 6) is 4.46. The van der Waals surface area contributed by atoms with E-state index in [1.54, 1.807) is 5.53 Å². The first-order valence-electron chi connectivity index (χ1n) is 0.940. The topological polar surface area (TPSA) is 99.0 Å². The molecule has 0 saturated carbocycles. The van der Waals surface area contributed by atoms with Crippen LogP contribution in [0.5, 0.6) is 0 Å². The van der Waals surface area contributed by atoms with Gasteiger partial charge in [0, 0.05) is 0 Å². The fourth-order valence-corrected chi connectivity index (χ4v) is 0.0264. The van der Waals surface area contributed by atoms with Gasteiger partial charge < -0.3 is 5.48 Å². The van der Waals surface area contributed by atoms with Crippen molar-refractivity contribution >= 4 is 6.08 Å². The zero-order valence-electron chi connectivity index (χ0n) is 2.93. The van der Waals surface area contributed by atoms with Gasteiger partial charge in [-0.2, -0.15) is 0 Å². The molecule has 0 heterocycles. The SMILES string of the molecule is NNN=C=O.O. The van der Waals surface area contributed by atoms with E-state index in [1.165, 1.54) is 0 Å². The van der Waals surface area contributed by atoms with Crippen LogP contribution in [0, 0.1) is 0 Å². The maximum atomic E-state index is 8.97. The average molecular weight is 91.1 g/mol. The second-order valence-corrected chi connectivity index (χ2v) is 0.332. The van der Waals surface area contributed by atoms with Crippen molar-refractivity contribution in [3.63, 3.8) is 0 Å². The van der Waals surface area contributed by atoms with Gasteiger partial charge >= 0.3 is 0 Å². The normalized spacial score (nSPS) is 4.17. The molecule has 0 radical (unpaired) electrons. The Labute approximate surface area is 34.1 Å². The van der Waals surface area contributed by atoms with Crippen LogP contribution in [-0.2, 0) is 4.79 Å². The van der Waals surface area contributed by atoms with E-state index in [0.29, 0.717) is 0 Å². The molecule has 0 bridgehead atoms. The Morgan fingerprint density at radius 1 is 1.83 bits per heavy atom. The van der Waals surface area contributed by atoms with Gasteiger partial charge in [-0.1, -0.05) is 5.10 Å². The Morgan fingerprint density at radius 3 is 2.33 bits per heavy atom. The van der Waals surface area contributed by atoms with E-state index < -0.39 is 0 Å². The first kappa shape index (κ1) is 8.92. The van der Waals surface area contributed by atoms with Crippen molar-refractivity contribution in [2.24, 2.45) is 10.9 Å². The number of nitrogens with one attached hydrogen (secondary N) is 1. The summed E-state index contributed by atoms with van der Waals surface area (Å²) < 4.78 is 0. The highest BCUT2D eigenvalue weighted by Crippen LogP contribution is 1.26. The number of hydrogen-bond donors (Lipinski definition) is 2. The van der Waals surface area contributed by atoms with E-state index in [9.17, 15) is 0 Å². The van der Waals surface area contributed by atoms with E-state index in [4.69, 9.17) is 4.79 Å². The number of rotatable bonds is 1. The standard InChI is InChI=1S/CH3N3O.H2O/c2-4-3-1-5;/h4H,2H2;1H2. The molecule has 36 valence electrons. The summed E-state index contributed by atoms with van der Waals surface area (Å²) in [6, 6.07) is 0. The molecule has 0 aromatic carbocycles. The van der Waals surface area contributed by atoms with Gasteiger partial charge in [-0.3, -0.25) is 0 Å². The molecule has 0 aromatic rings. The Morgan fingerprint density at radius 2 is 2.33 bits per heavy atom. The van der Waals surface area contributed by atoms with E-state index in [2.05, 4.69) is 10.9 Å². The van der Waals surface area contributed by atoms with Crippen LogP contribution in [0.3, 0.4) is 0 Å². The van der Waals surface area contributed by atoms with Crippen molar-refractivity contribution in [3.8, 4) is 0 Å². The summed E-state index contributed by atoms with van der Waals surface area (Å²) in [6.45, 7) is 0. The molecule has 0 aliphatic heterocycles. The number of isocyanates is 1. The molecule has 0 atom stereocenters. The van der Waals surface area contributed by atoms with E-state index in [1.807, 2.05) is 0 Å². The summed E-state index contributed by atoms with van der Waals surface area (Å²) >= 11 is 0. The molecule has 0 spiro atoms. The van der Waals surface area contributed by atoms with Gasteiger partial charge in [-0.15, -0.1) is 0 Å². The number of hydrogen-bond acceptors (Lipinski definition) is 4. The molecule has 0 aliphatic carbocycles. The molecule has 6 heavy (non-hydrogen) atoms. The monoisotopic (exact) mass is 91.0 g/mol. The number of hydrazone groups is 1. The van der Waals surface area contributed by atoms with Crippen LogP contribution in [0.4, 0.5) is 0 Å². The lowest BCUT2D eigenvalue weighted by Gasteiger charge is -1.69. The first-order chi connectivity index (χ1) is 2.41. The van der Waals surface area contributed by atoms with Crippen LogP contribution in [0.25, 0.3) is 0 Å². The maximum absolute atomic E-state index is 8.97. The lowest BCUT2D eigenvalue weighted by Crippen LogP contribution is -2.12. The van der Waals surface area contributed by atoms with Crippen molar-refractivity contribution in [1.82, 2.24) is 5.53 Å². The third-order valence-corrected chi connectivity index (χ3v) is 0.110. The van der Waals surface area contributed by atoms with Crippen molar-refractivity contribution in [1.29, 1.82) is 0 Å². The van der Waals surface area contributed by atoms with E-state index in [-0.39, 0.29) is 5.48 Å². The summed E-state index contributed by atoms with van der Waals surface area (Å²) in [7, 11) is 0. The van der Waals surface area contributed by atoms with Gasteiger partial charge in [0.05, 0.1) is 0 Å². The number of nitrogens with two attached hydrogens (primary N) is 1. The lowest BCUT2D eigenvalue weighted by atomic mass is 11.6. The Bertz CT molecular complexity index is 55.8. The zero-order valence-corrected chi connectivity index (χ0v) is 2.93. The molecule has 5 N–H and O–H groups in total. The minimum absolute atomic E-state index is 0. The molecular formula is CH5N3O2. The molecule has 0 aliphatic rings. The van der Waals surface area contributed by atoms with Crippen LogP contribution in [0.15, 0.2) is 5.10 Å². The van der Waals surface area contributed by atoms with Crippen molar-refractivity contribution in [2.45, 2.75) is 0 Å². The van der Waals surface area contributed by atoms with Crippen molar-refractivity contribution in [3.05, 3.63) is 0 Å². The summed E-state index contributed by atoms with van der Waals surface area (Å²) in [4.78, 5) is 8.97. The largest absolute Gasteiger partial charge is 0.412 e. The highest BCUT2D eigenvalue weighted by molar-refractivity contribution is 5.31. The Hall–Kier alpha value is -0.900. The molecular weight excluding hydrogens is 86.0 g/mol. The fourth-order valence-electron chi connectivity index (χ4n) is 0.0264. The Balaban J connectivity index is 0. The number of carbonyl (C=O) groups excluding carboxylic acids is 1. The van der Waals surface area contributed by atoms with Gasteiger partial charge in [0.25, 0.3) is 6.08 Å². The molecule has 0 unspecified atom stereocenters. The van der Waals surface area contributed by atoms with E-state index >= 15 is 0 Å². The van der Waals surface area contributed by atoms with Crippen LogP contribution >= 0.6 is 0 Å². The third-order valence-electron chi connectivity index (χ3n) is 0.110. The zero-order chi connectivity index (χ0) is 4.12. The quantitative estimate of drug-likeness (QED) is 0.167. The molecule has 0 fully saturated rings.